The number of hydrogen-bond donors (Lipinski definition) is 0. The molecule has 0 bridgehead atoms. The zero-order valence-corrected chi connectivity index (χ0v) is 13.3. The SMILES string of the molecule is Cc1ccc(CN(C)CCC(=O)c2ccccc2Br)o1. The van der Waals surface area contributed by atoms with Gasteiger partial charge in [-0.05, 0) is 32.2 Å². The first-order valence-electron chi connectivity index (χ1n) is 6.58. The van der Waals surface area contributed by atoms with Crippen molar-refractivity contribution in [2.45, 2.75) is 19.9 Å². The quantitative estimate of drug-likeness (QED) is 0.746. The largest absolute Gasteiger partial charge is 0.465 e. The van der Waals surface area contributed by atoms with Gasteiger partial charge < -0.3 is 4.42 Å². The van der Waals surface area contributed by atoms with Gasteiger partial charge in [-0.15, -0.1) is 0 Å². The summed E-state index contributed by atoms with van der Waals surface area (Å²) in [5.74, 6) is 2.00. The molecule has 0 spiro atoms. The van der Waals surface area contributed by atoms with Crippen molar-refractivity contribution in [3.05, 3.63) is 58.0 Å². The molecular weight excluding hydrogens is 318 g/mol. The number of carbonyl (C=O) groups excluding carboxylic acids is 1. The van der Waals surface area contributed by atoms with Gasteiger partial charge in [0, 0.05) is 23.0 Å². The maximum atomic E-state index is 12.1. The molecule has 0 atom stereocenters. The van der Waals surface area contributed by atoms with Gasteiger partial charge in [0.1, 0.15) is 11.5 Å². The molecule has 1 heterocycles. The third kappa shape index (κ3) is 4.05. The van der Waals surface area contributed by atoms with Gasteiger partial charge >= 0.3 is 0 Å². The Kier molecular flexibility index (Phi) is 5.15. The minimum Gasteiger partial charge on any atom is -0.465 e. The molecule has 0 fully saturated rings. The fraction of sp³-hybridized carbons (Fsp3) is 0.312. The summed E-state index contributed by atoms with van der Waals surface area (Å²) < 4.78 is 6.39. The predicted molar refractivity (Wildman–Crippen MR) is 82.9 cm³/mol. The molecule has 2 aromatic rings. The molecule has 0 amide bonds. The van der Waals surface area contributed by atoms with Crippen LogP contribution in [0.5, 0.6) is 0 Å². The molecule has 1 aromatic carbocycles. The topological polar surface area (TPSA) is 33.5 Å². The number of carbonyl (C=O) groups is 1. The zero-order chi connectivity index (χ0) is 14.5. The Labute approximate surface area is 127 Å². The Morgan fingerprint density at radius 3 is 2.65 bits per heavy atom. The summed E-state index contributed by atoms with van der Waals surface area (Å²) in [7, 11) is 1.99. The lowest BCUT2D eigenvalue weighted by molar-refractivity contribution is 0.0965. The van der Waals surface area contributed by atoms with Gasteiger partial charge in [-0.25, -0.2) is 0 Å². The zero-order valence-electron chi connectivity index (χ0n) is 11.7. The van der Waals surface area contributed by atoms with Crippen LogP contribution < -0.4 is 0 Å². The average Bonchev–Trinajstić information content (AvgIpc) is 2.82. The minimum absolute atomic E-state index is 0.153. The predicted octanol–water partition coefficient (Wildman–Crippen LogP) is 4.06. The molecule has 1 aromatic heterocycles. The van der Waals surface area contributed by atoms with Crippen LogP contribution in [0.2, 0.25) is 0 Å². The van der Waals surface area contributed by atoms with Crippen LogP contribution in [0.1, 0.15) is 28.3 Å². The lowest BCUT2D eigenvalue weighted by Gasteiger charge is -2.14. The van der Waals surface area contributed by atoms with Crippen molar-refractivity contribution in [3.8, 4) is 0 Å². The summed E-state index contributed by atoms with van der Waals surface area (Å²) in [6.45, 7) is 3.36. The van der Waals surface area contributed by atoms with Crippen LogP contribution in [0.4, 0.5) is 0 Å². The Bertz CT molecular complexity index is 592. The molecule has 0 N–H and O–H groups in total. The molecule has 0 saturated carbocycles. The standard InChI is InChI=1S/C16H18BrNO2/c1-12-7-8-13(20-12)11-18(2)10-9-16(19)14-5-3-4-6-15(14)17/h3-8H,9-11H2,1-2H3. The lowest BCUT2D eigenvalue weighted by atomic mass is 10.1. The molecule has 3 nitrogen and oxygen atoms in total. The van der Waals surface area contributed by atoms with Crippen molar-refractivity contribution in [2.75, 3.05) is 13.6 Å². The van der Waals surface area contributed by atoms with E-state index in [0.29, 0.717) is 13.0 Å². The molecule has 2 rings (SSSR count). The summed E-state index contributed by atoms with van der Waals surface area (Å²) in [6, 6.07) is 11.5. The highest BCUT2D eigenvalue weighted by Gasteiger charge is 2.11. The molecule has 106 valence electrons. The third-order valence-corrected chi connectivity index (χ3v) is 3.81. The van der Waals surface area contributed by atoms with Gasteiger partial charge in [0.2, 0.25) is 0 Å². The molecule has 0 saturated heterocycles. The maximum absolute atomic E-state index is 12.1. The number of nitrogens with zero attached hydrogens (tertiary/aromatic N) is 1. The van der Waals surface area contributed by atoms with Crippen LogP contribution in [0.25, 0.3) is 0 Å². The molecule has 20 heavy (non-hydrogen) atoms. The molecule has 0 unspecified atom stereocenters. The van der Waals surface area contributed by atoms with Crippen molar-refractivity contribution in [1.29, 1.82) is 0 Å². The van der Waals surface area contributed by atoms with E-state index < -0.39 is 0 Å². The fourth-order valence-corrected chi connectivity index (χ4v) is 2.54. The first-order chi connectivity index (χ1) is 9.56. The van der Waals surface area contributed by atoms with Gasteiger partial charge in [-0.1, -0.05) is 34.1 Å². The Morgan fingerprint density at radius 1 is 1.25 bits per heavy atom. The summed E-state index contributed by atoms with van der Waals surface area (Å²) in [4.78, 5) is 14.2. The number of aryl methyl sites for hydroxylation is 1. The Hall–Kier alpha value is -1.39. The second kappa shape index (κ2) is 6.86. The second-order valence-electron chi connectivity index (χ2n) is 4.90. The van der Waals surface area contributed by atoms with Gasteiger partial charge in [0.15, 0.2) is 5.78 Å². The highest BCUT2D eigenvalue weighted by molar-refractivity contribution is 9.10. The summed E-state index contributed by atoms with van der Waals surface area (Å²) in [5, 5.41) is 0. The number of hydrogen-bond acceptors (Lipinski definition) is 3. The van der Waals surface area contributed by atoms with E-state index in [1.54, 1.807) is 0 Å². The number of furan rings is 1. The van der Waals surface area contributed by atoms with Crippen molar-refractivity contribution in [1.82, 2.24) is 4.90 Å². The van der Waals surface area contributed by atoms with E-state index in [4.69, 9.17) is 4.42 Å². The summed E-state index contributed by atoms with van der Waals surface area (Å²) >= 11 is 3.41. The Morgan fingerprint density at radius 2 is 2.00 bits per heavy atom. The van der Waals surface area contributed by atoms with E-state index in [0.717, 1.165) is 28.1 Å². The summed E-state index contributed by atoms with van der Waals surface area (Å²) in [6.07, 6.45) is 0.499. The Balaban J connectivity index is 1.85. The van der Waals surface area contributed by atoms with Gasteiger partial charge in [-0.3, -0.25) is 9.69 Å². The van der Waals surface area contributed by atoms with Crippen LogP contribution >= 0.6 is 15.9 Å². The van der Waals surface area contributed by atoms with Gasteiger partial charge in [-0.2, -0.15) is 0 Å². The number of halogens is 1. The second-order valence-corrected chi connectivity index (χ2v) is 5.76. The van der Waals surface area contributed by atoms with Crippen LogP contribution in [-0.4, -0.2) is 24.3 Å². The number of ketones is 1. The van der Waals surface area contributed by atoms with E-state index in [2.05, 4.69) is 20.8 Å². The monoisotopic (exact) mass is 335 g/mol. The van der Waals surface area contributed by atoms with Crippen molar-refractivity contribution in [3.63, 3.8) is 0 Å². The fourth-order valence-electron chi connectivity index (χ4n) is 2.03. The van der Waals surface area contributed by atoms with E-state index >= 15 is 0 Å². The smallest absolute Gasteiger partial charge is 0.165 e. The minimum atomic E-state index is 0.153. The van der Waals surface area contributed by atoms with Crippen molar-refractivity contribution >= 4 is 21.7 Å². The number of Topliss-reactive ketones (excluding diaryl/α,β-unsaturated/α-hetero) is 1. The van der Waals surface area contributed by atoms with E-state index in [1.165, 1.54) is 0 Å². The molecule has 0 aliphatic rings. The molecular formula is C16H18BrNO2. The maximum Gasteiger partial charge on any atom is 0.165 e. The molecule has 4 heteroatoms. The molecule has 0 radical (unpaired) electrons. The van der Waals surface area contributed by atoms with Crippen molar-refractivity contribution < 1.29 is 9.21 Å². The van der Waals surface area contributed by atoms with Crippen LogP contribution in [-0.2, 0) is 6.54 Å². The van der Waals surface area contributed by atoms with E-state index in [9.17, 15) is 4.79 Å². The van der Waals surface area contributed by atoms with Crippen LogP contribution in [0.3, 0.4) is 0 Å². The first kappa shape index (κ1) is 15.0. The number of benzene rings is 1. The van der Waals surface area contributed by atoms with Gasteiger partial charge in [0.25, 0.3) is 0 Å². The highest BCUT2D eigenvalue weighted by Crippen LogP contribution is 2.18. The van der Waals surface area contributed by atoms with E-state index in [-0.39, 0.29) is 5.78 Å². The molecule has 0 aliphatic carbocycles. The van der Waals surface area contributed by atoms with Gasteiger partial charge in [0.05, 0.1) is 6.54 Å². The van der Waals surface area contributed by atoms with E-state index in [1.807, 2.05) is 50.4 Å². The lowest BCUT2D eigenvalue weighted by Crippen LogP contribution is -2.21. The first-order valence-corrected chi connectivity index (χ1v) is 7.37. The number of rotatable bonds is 6. The average molecular weight is 336 g/mol. The normalized spacial score (nSPS) is 11.0. The van der Waals surface area contributed by atoms with Crippen molar-refractivity contribution in [2.24, 2.45) is 0 Å². The summed E-state index contributed by atoms with van der Waals surface area (Å²) in [5.41, 5.74) is 0.745. The third-order valence-electron chi connectivity index (χ3n) is 3.12. The molecule has 0 aliphatic heterocycles. The van der Waals surface area contributed by atoms with Crippen LogP contribution in [0.15, 0.2) is 45.3 Å². The van der Waals surface area contributed by atoms with Crippen LogP contribution in [0, 0.1) is 6.92 Å². The highest BCUT2D eigenvalue weighted by atomic mass is 79.9.